The molecule has 0 aliphatic heterocycles. The van der Waals surface area contributed by atoms with Gasteiger partial charge in [-0.25, -0.2) is 8.42 Å². The smallest absolute Gasteiger partial charge is 0.221 e. The topological polar surface area (TPSA) is 63.2 Å². The Morgan fingerprint density at radius 3 is 2.29 bits per heavy atom. The lowest BCUT2D eigenvalue weighted by atomic mass is 10.3. The molecule has 0 saturated carbocycles. The molecule has 0 bridgehead atoms. The summed E-state index contributed by atoms with van der Waals surface area (Å²) in [5, 5.41) is 2.57. The molecule has 4 nitrogen and oxygen atoms in total. The van der Waals surface area contributed by atoms with Crippen molar-refractivity contribution in [2.24, 2.45) is 0 Å². The molecule has 0 aromatic heterocycles. The minimum atomic E-state index is -3.39. The quantitative estimate of drug-likeness (QED) is 0.881. The van der Waals surface area contributed by atoms with Gasteiger partial charge < -0.3 is 5.32 Å². The van der Waals surface area contributed by atoms with Gasteiger partial charge in [-0.15, -0.1) is 0 Å². The van der Waals surface area contributed by atoms with Crippen LogP contribution in [0.15, 0.2) is 29.2 Å². The van der Waals surface area contributed by atoms with Crippen LogP contribution in [0.3, 0.4) is 0 Å². The summed E-state index contributed by atoms with van der Waals surface area (Å²) in [6.07, 6.45) is 0. The van der Waals surface area contributed by atoms with E-state index in [1.165, 1.54) is 19.1 Å². The van der Waals surface area contributed by atoms with Crippen LogP contribution in [0.4, 0.5) is 5.69 Å². The van der Waals surface area contributed by atoms with E-state index in [2.05, 4.69) is 5.32 Å². The molecule has 0 spiro atoms. The zero-order valence-corrected chi connectivity index (χ0v) is 11.3. The molecule has 0 heterocycles. The third-order valence-corrected chi connectivity index (χ3v) is 4.76. The van der Waals surface area contributed by atoms with Crippen LogP contribution in [-0.2, 0) is 14.6 Å². The maximum Gasteiger partial charge on any atom is 0.221 e. The highest BCUT2D eigenvalue weighted by atomic mass is 32.2. The number of hydrogen-bond donors (Lipinski definition) is 1. The molecule has 1 N–H and O–H groups in total. The fourth-order valence-corrected chi connectivity index (χ4v) is 2.54. The van der Waals surface area contributed by atoms with Crippen molar-refractivity contribution >= 4 is 21.4 Å². The summed E-state index contributed by atoms with van der Waals surface area (Å²) >= 11 is 0. The minimum absolute atomic E-state index is 0.219. The van der Waals surface area contributed by atoms with Crippen LogP contribution in [0.1, 0.15) is 27.7 Å². The lowest BCUT2D eigenvalue weighted by molar-refractivity contribution is -0.114. The lowest BCUT2D eigenvalue weighted by Crippen LogP contribution is -2.28. The number of rotatable bonds is 2. The molecule has 1 aromatic carbocycles. The second-order valence-electron chi connectivity index (χ2n) is 4.82. The van der Waals surface area contributed by atoms with E-state index in [0.29, 0.717) is 5.69 Å². The lowest BCUT2D eigenvalue weighted by Gasteiger charge is -2.19. The summed E-state index contributed by atoms with van der Waals surface area (Å²) in [6.45, 7) is 6.32. The van der Waals surface area contributed by atoms with E-state index in [1.54, 1.807) is 32.9 Å². The van der Waals surface area contributed by atoms with E-state index in [9.17, 15) is 13.2 Å². The van der Waals surface area contributed by atoms with Crippen LogP contribution in [0.2, 0.25) is 0 Å². The molecule has 0 unspecified atom stereocenters. The largest absolute Gasteiger partial charge is 0.326 e. The Hall–Kier alpha value is -1.36. The van der Waals surface area contributed by atoms with Crippen molar-refractivity contribution in [3.63, 3.8) is 0 Å². The number of nitrogens with one attached hydrogen (secondary N) is 1. The van der Waals surface area contributed by atoms with Crippen LogP contribution < -0.4 is 5.32 Å². The molecule has 0 aliphatic carbocycles. The van der Waals surface area contributed by atoms with Crippen LogP contribution in [0, 0.1) is 0 Å². The standard InChI is InChI=1S/C12H17NO3S/c1-9(14)13-10-6-5-7-11(8-10)17(15,16)12(2,3)4/h5-8H,1-4H3,(H,13,14). The van der Waals surface area contributed by atoms with Crippen molar-refractivity contribution in [1.82, 2.24) is 0 Å². The summed E-state index contributed by atoms with van der Waals surface area (Å²) in [5.41, 5.74) is 0.489. The minimum Gasteiger partial charge on any atom is -0.326 e. The van der Waals surface area contributed by atoms with Gasteiger partial charge in [-0.3, -0.25) is 4.79 Å². The van der Waals surface area contributed by atoms with E-state index in [0.717, 1.165) is 0 Å². The van der Waals surface area contributed by atoms with Crippen LogP contribution in [0.25, 0.3) is 0 Å². The number of hydrogen-bond acceptors (Lipinski definition) is 3. The summed E-state index contributed by atoms with van der Waals surface area (Å²) in [5.74, 6) is -0.227. The fourth-order valence-electron chi connectivity index (χ4n) is 1.30. The van der Waals surface area contributed by atoms with E-state index in [4.69, 9.17) is 0 Å². The molecule has 17 heavy (non-hydrogen) atoms. The van der Waals surface area contributed by atoms with Crippen molar-refractivity contribution in [1.29, 1.82) is 0 Å². The van der Waals surface area contributed by atoms with Gasteiger partial charge in [-0.1, -0.05) is 6.07 Å². The number of carbonyl (C=O) groups excluding carboxylic acids is 1. The Bertz CT molecular complexity index is 527. The second kappa shape index (κ2) is 4.49. The summed E-state index contributed by atoms with van der Waals surface area (Å²) in [7, 11) is -3.39. The fraction of sp³-hybridized carbons (Fsp3) is 0.417. The van der Waals surface area contributed by atoms with E-state index in [-0.39, 0.29) is 10.8 Å². The predicted octanol–water partition coefficient (Wildman–Crippen LogP) is 2.22. The van der Waals surface area contributed by atoms with Gasteiger partial charge in [-0.2, -0.15) is 0 Å². The van der Waals surface area contributed by atoms with Gasteiger partial charge in [0.05, 0.1) is 9.64 Å². The monoisotopic (exact) mass is 255 g/mol. The van der Waals surface area contributed by atoms with Gasteiger partial charge in [0, 0.05) is 12.6 Å². The molecule has 94 valence electrons. The molecule has 5 heteroatoms. The van der Waals surface area contributed by atoms with Gasteiger partial charge in [0.2, 0.25) is 5.91 Å². The molecule has 1 amide bonds. The van der Waals surface area contributed by atoms with Crippen molar-refractivity contribution in [2.45, 2.75) is 37.3 Å². The van der Waals surface area contributed by atoms with Gasteiger partial charge in [0.15, 0.2) is 9.84 Å². The van der Waals surface area contributed by atoms with Crippen molar-refractivity contribution in [3.05, 3.63) is 24.3 Å². The summed E-state index contributed by atoms with van der Waals surface area (Å²) in [4.78, 5) is 11.1. The van der Waals surface area contributed by atoms with Crippen LogP contribution in [0.5, 0.6) is 0 Å². The van der Waals surface area contributed by atoms with Crippen molar-refractivity contribution in [3.8, 4) is 0 Å². The Labute approximate surface area is 102 Å². The number of amides is 1. The van der Waals surface area contributed by atoms with Gasteiger partial charge in [0.1, 0.15) is 0 Å². The van der Waals surface area contributed by atoms with E-state index < -0.39 is 14.6 Å². The number of sulfone groups is 1. The maximum absolute atomic E-state index is 12.2. The van der Waals surface area contributed by atoms with Crippen molar-refractivity contribution in [2.75, 3.05) is 5.32 Å². The first-order valence-corrected chi connectivity index (χ1v) is 6.75. The third kappa shape index (κ3) is 3.06. The molecule has 0 aliphatic rings. The van der Waals surface area contributed by atoms with Crippen LogP contribution >= 0.6 is 0 Å². The predicted molar refractivity (Wildman–Crippen MR) is 67.7 cm³/mol. The Kier molecular flexibility index (Phi) is 3.62. The highest BCUT2D eigenvalue weighted by Gasteiger charge is 2.30. The molecule has 1 rings (SSSR count). The Balaban J connectivity index is 3.21. The maximum atomic E-state index is 12.2. The number of anilines is 1. The van der Waals surface area contributed by atoms with E-state index in [1.807, 2.05) is 0 Å². The second-order valence-corrected chi connectivity index (χ2v) is 7.53. The first-order valence-electron chi connectivity index (χ1n) is 5.27. The molecular weight excluding hydrogens is 238 g/mol. The molecule has 0 saturated heterocycles. The number of benzene rings is 1. The van der Waals surface area contributed by atoms with Crippen molar-refractivity contribution < 1.29 is 13.2 Å². The average Bonchev–Trinajstić information content (AvgIpc) is 2.15. The highest BCUT2D eigenvalue weighted by Crippen LogP contribution is 2.26. The summed E-state index contributed by atoms with van der Waals surface area (Å²) < 4.78 is 23.5. The SMILES string of the molecule is CC(=O)Nc1cccc(S(=O)(=O)C(C)(C)C)c1. The normalized spacial score (nSPS) is 12.2. The summed E-state index contributed by atoms with van der Waals surface area (Å²) in [6, 6.07) is 6.28. The van der Waals surface area contributed by atoms with E-state index >= 15 is 0 Å². The van der Waals surface area contributed by atoms with Crippen LogP contribution in [-0.4, -0.2) is 19.1 Å². The first kappa shape index (κ1) is 13.7. The third-order valence-electron chi connectivity index (χ3n) is 2.27. The van der Waals surface area contributed by atoms with Gasteiger partial charge >= 0.3 is 0 Å². The Morgan fingerprint density at radius 1 is 1.24 bits per heavy atom. The highest BCUT2D eigenvalue weighted by molar-refractivity contribution is 7.92. The molecule has 1 aromatic rings. The molecular formula is C12H17NO3S. The molecule has 0 radical (unpaired) electrons. The Morgan fingerprint density at radius 2 is 1.82 bits per heavy atom. The first-order chi connectivity index (χ1) is 7.64. The van der Waals surface area contributed by atoms with Gasteiger partial charge in [-0.05, 0) is 39.0 Å². The average molecular weight is 255 g/mol. The zero-order valence-electron chi connectivity index (χ0n) is 10.4. The molecule has 0 atom stereocenters. The zero-order chi connectivity index (χ0) is 13.3. The van der Waals surface area contributed by atoms with Gasteiger partial charge in [0.25, 0.3) is 0 Å². The molecule has 0 fully saturated rings. The number of carbonyl (C=O) groups is 1.